The van der Waals surface area contributed by atoms with Crippen LogP contribution in [0.25, 0.3) is 0 Å². The number of phosphoric ester groups is 1. The lowest BCUT2D eigenvalue weighted by Gasteiger charge is -2.42. The van der Waals surface area contributed by atoms with Gasteiger partial charge in [0, 0.05) is 24.4 Å². The van der Waals surface area contributed by atoms with Crippen LogP contribution in [0.1, 0.15) is 19.5 Å². The fraction of sp³-hybridized carbons (Fsp3) is 0.880. The normalized spacial score (nSPS) is 40.6. The molecule has 22 heteroatoms. The summed E-state index contributed by atoms with van der Waals surface area (Å²) in [5.74, 6) is 0.570. The summed E-state index contributed by atoms with van der Waals surface area (Å²) >= 11 is 0. The maximum atomic E-state index is 13.4. The van der Waals surface area contributed by atoms with E-state index in [0.717, 1.165) is 0 Å². The van der Waals surface area contributed by atoms with E-state index in [1.165, 1.54) is 13.8 Å². The third kappa shape index (κ3) is 9.27. The van der Waals surface area contributed by atoms with Crippen molar-refractivity contribution in [1.29, 1.82) is 0 Å². The van der Waals surface area contributed by atoms with Crippen LogP contribution < -0.4 is 5.32 Å². The molecule has 4 aliphatic rings. The number of hydrogen-bond acceptors (Lipinski definition) is 18. The number of nitrogens with one attached hydrogen (secondary N) is 1. The highest BCUT2D eigenvalue weighted by molar-refractivity contribution is 8.76. The van der Waals surface area contributed by atoms with Crippen LogP contribution >= 0.6 is 29.4 Å². The summed E-state index contributed by atoms with van der Waals surface area (Å²) < 4.78 is 60.1. The smallest absolute Gasteiger partial charge is 0.394 e. The Kier molecular flexibility index (Phi) is 13.1. The van der Waals surface area contributed by atoms with E-state index in [9.17, 15) is 29.8 Å². The van der Waals surface area contributed by atoms with Crippen LogP contribution in [0.2, 0.25) is 0 Å². The van der Waals surface area contributed by atoms with Gasteiger partial charge in [-0.05, 0) is 6.92 Å². The van der Waals surface area contributed by atoms with Crippen molar-refractivity contribution in [3.63, 3.8) is 0 Å². The fourth-order valence-electron chi connectivity index (χ4n) is 5.29. The highest BCUT2D eigenvalue weighted by Gasteiger charge is 2.58. The van der Waals surface area contributed by atoms with Gasteiger partial charge in [-0.25, -0.2) is 9.25 Å². The number of amides is 1. The first-order chi connectivity index (χ1) is 22.4. The third-order valence-electron chi connectivity index (χ3n) is 7.93. The largest absolute Gasteiger partial charge is 0.475 e. The quantitative estimate of drug-likeness (QED) is 0.0609. The van der Waals surface area contributed by atoms with Crippen LogP contribution in [0.5, 0.6) is 0 Å². The number of nitrogens with zero attached hydrogens (tertiary/aromatic N) is 3. The lowest BCUT2D eigenvalue weighted by atomic mass is 9.82. The van der Waals surface area contributed by atoms with Gasteiger partial charge in [-0.3, -0.25) is 18.4 Å². The Balaban J connectivity index is 1.02. The van der Waals surface area contributed by atoms with Crippen LogP contribution in [0.15, 0.2) is 6.20 Å². The summed E-state index contributed by atoms with van der Waals surface area (Å²) in [7, 11) is 4.93. The van der Waals surface area contributed by atoms with Crippen LogP contribution in [0.4, 0.5) is 0 Å². The minimum absolute atomic E-state index is 0.0456. The highest BCUT2D eigenvalue weighted by atomic mass is 33.1. The van der Waals surface area contributed by atoms with Crippen molar-refractivity contribution in [3.8, 4) is 0 Å². The average molecular weight is 727 g/mol. The van der Waals surface area contributed by atoms with Crippen molar-refractivity contribution in [2.45, 2.75) is 93.7 Å². The Labute approximate surface area is 280 Å². The zero-order chi connectivity index (χ0) is 33.8. The van der Waals surface area contributed by atoms with Crippen LogP contribution in [-0.4, -0.2) is 160 Å². The standard InChI is InChI=1S/C25H40BN4O14PS2/c1-13(32)27-19-21(34)20(33)15(8-31)41-23(19)38-6-5-37-4-3-30-7-14(28-29-30)9-39-17-11-46-47-12-18(17)43-45(36)40-10-16-22(44-45)25(2,35)24(26)42-16/h7,15-24,31,33-35H,3-6,8-12H2,1-2H3,(H,27,32)/t15-,16-,17-,18-,19-,20+,21?,22-,23+,24-,25-,45-/m1/s1. The third-order valence-corrected chi connectivity index (χ3v) is 11.8. The molecule has 1 unspecified atom stereocenters. The van der Waals surface area contributed by atoms with E-state index >= 15 is 0 Å². The maximum absolute atomic E-state index is 13.4. The Morgan fingerprint density at radius 1 is 1.19 bits per heavy atom. The maximum Gasteiger partial charge on any atom is 0.475 e. The Bertz CT molecular complexity index is 1240. The molecule has 0 bridgehead atoms. The Morgan fingerprint density at radius 3 is 2.70 bits per heavy atom. The molecule has 4 saturated heterocycles. The second-order valence-electron chi connectivity index (χ2n) is 11.5. The van der Waals surface area contributed by atoms with Gasteiger partial charge in [-0.15, -0.1) is 5.10 Å². The van der Waals surface area contributed by atoms with Gasteiger partial charge in [-0.2, -0.15) is 0 Å². The van der Waals surface area contributed by atoms with E-state index < -0.39 is 87.0 Å². The van der Waals surface area contributed by atoms with Crippen LogP contribution in [0, 0.1) is 0 Å². The van der Waals surface area contributed by atoms with Gasteiger partial charge in [0.15, 0.2) is 6.29 Å². The lowest BCUT2D eigenvalue weighted by molar-refractivity contribution is -0.272. The van der Waals surface area contributed by atoms with Crippen molar-refractivity contribution in [2.24, 2.45) is 0 Å². The summed E-state index contributed by atoms with van der Waals surface area (Å²) in [6, 6.07) is -2.04. The molecule has 4 aliphatic heterocycles. The lowest BCUT2D eigenvalue weighted by Crippen LogP contribution is -2.64. The zero-order valence-electron chi connectivity index (χ0n) is 25.8. The first kappa shape index (κ1) is 37.4. The zero-order valence-corrected chi connectivity index (χ0v) is 28.3. The summed E-state index contributed by atoms with van der Waals surface area (Å²) in [6.45, 7) is 3.03. The molecule has 0 aliphatic carbocycles. The van der Waals surface area contributed by atoms with Gasteiger partial charge in [0.05, 0.1) is 58.5 Å². The number of aliphatic hydroxyl groups is 4. The molecule has 47 heavy (non-hydrogen) atoms. The van der Waals surface area contributed by atoms with Crippen molar-refractivity contribution in [1.82, 2.24) is 20.3 Å². The summed E-state index contributed by atoms with van der Waals surface area (Å²) in [5, 5.41) is 51.2. The summed E-state index contributed by atoms with van der Waals surface area (Å²) in [4.78, 5) is 11.5. The van der Waals surface area contributed by atoms with Gasteiger partial charge >= 0.3 is 7.82 Å². The van der Waals surface area contributed by atoms with E-state index in [1.54, 1.807) is 32.5 Å². The molecule has 4 fully saturated rings. The topological polar surface area (TPSA) is 232 Å². The Hall–Kier alpha value is -0.875. The first-order valence-electron chi connectivity index (χ1n) is 15.0. The second-order valence-corrected chi connectivity index (χ2v) is 15.7. The van der Waals surface area contributed by atoms with E-state index in [0.29, 0.717) is 23.7 Å². The van der Waals surface area contributed by atoms with E-state index in [4.69, 9.17) is 45.1 Å². The fourth-order valence-corrected chi connectivity index (χ4v) is 9.50. The molecule has 0 spiro atoms. The van der Waals surface area contributed by atoms with Gasteiger partial charge in [-0.1, -0.05) is 26.8 Å². The predicted octanol–water partition coefficient (Wildman–Crippen LogP) is -1.91. The molecule has 2 radical (unpaired) electrons. The molecule has 0 aromatic carbocycles. The number of ether oxygens (including phenoxy) is 5. The number of aromatic nitrogens is 3. The molecule has 5 rings (SSSR count). The predicted molar refractivity (Wildman–Crippen MR) is 164 cm³/mol. The van der Waals surface area contributed by atoms with Gasteiger partial charge < -0.3 is 49.4 Å². The number of carbonyl (C=O) groups excluding carboxylic acids is 1. The second kappa shape index (κ2) is 16.4. The van der Waals surface area contributed by atoms with Crippen molar-refractivity contribution in [3.05, 3.63) is 11.9 Å². The molecular weight excluding hydrogens is 686 g/mol. The summed E-state index contributed by atoms with van der Waals surface area (Å²) in [6.07, 6.45) is -5.96. The molecule has 1 aromatic rings. The minimum atomic E-state index is -4.04. The van der Waals surface area contributed by atoms with Crippen molar-refractivity contribution >= 4 is 43.2 Å². The number of hydrogen-bond donors (Lipinski definition) is 5. The van der Waals surface area contributed by atoms with Crippen LogP contribution in [0.3, 0.4) is 0 Å². The number of phosphoric acid groups is 1. The molecule has 0 saturated carbocycles. The highest BCUT2D eigenvalue weighted by Crippen LogP contribution is 2.59. The van der Waals surface area contributed by atoms with Crippen molar-refractivity contribution < 1.29 is 67.0 Å². The molecular formula is C25H40BN4O14PS2. The molecule has 264 valence electrons. The first-order valence-corrected chi connectivity index (χ1v) is 18.9. The number of carbonyl (C=O) groups is 1. The van der Waals surface area contributed by atoms with Gasteiger partial charge in [0.1, 0.15) is 61.8 Å². The number of aliphatic hydroxyl groups excluding tert-OH is 3. The average Bonchev–Trinajstić information content (AvgIpc) is 3.58. The molecule has 1 amide bonds. The molecule has 12 atom stereocenters. The minimum Gasteiger partial charge on any atom is -0.394 e. The van der Waals surface area contributed by atoms with Crippen molar-refractivity contribution in [2.75, 3.05) is 44.5 Å². The Morgan fingerprint density at radius 2 is 1.96 bits per heavy atom. The monoisotopic (exact) mass is 726 g/mol. The van der Waals surface area contributed by atoms with Crippen LogP contribution in [-0.2, 0) is 59.8 Å². The molecule has 5 N–H and O–H groups in total. The molecule has 18 nitrogen and oxygen atoms in total. The van der Waals surface area contributed by atoms with Gasteiger partial charge in [0.25, 0.3) is 0 Å². The summed E-state index contributed by atoms with van der Waals surface area (Å²) in [5.41, 5.74) is -1.01. The molecule has 5 heterocycles. The SMILES string of the molecule is [B][C@@H]1O[C@@H]2CO[P@](=O)(O[C@@H]3CSSC[C@H]3OCc3cn(CCOCCO[C@H]4O[C@H](CO)[C@H](O)C(O)[C@H]4NC(C)=O)nn3)O[C@H]2[C@@]1(C)O. The van der Waals surface area contributed by atoms with E-state index in [-0.39, 0.29) is 33.0 Å². The van der Waals surface area contributed by atoms with E-state index in [2.05, 4.69) is 15.6 Å². The number of rotatable bonds is 14. The molecule has 1 aromatic heterocycles. The number of fused-ring (bicyclic) bond motifs is 1. The van der Waals surface area contributed by atoms with E-state index in [1.807, 2.05) is 0 Å². The van der Waals surface area contributed by atoms with Gasteiger partial charge in [0.2, 0.25) is 5.91 Å².